The van der Waals surface area contributed by atoms with Crippen molar-refractivity contribution in [1.82, 2.24) is 4.98 Å². The molecule has 3 rings (SSSR count). The first-order valence-electron chi connectivity index (χ1n) is 5.13. The Morgan fingerprint density at radius 3 is 2.80 bits per heavy atom. The number of aliphatic imine (C=N–C) groups is 1. The van der Waals surface area contributed by atoms with Gasteiger partial charge in [-0.1, -0.05) is 24.4 Å². The monoisotopic (exact) mass is 284 g/mol. The second-order valence-corrected chi connectivity index (χ2v) is 5.47. The normalized spacial score (nSPS) is 21.2. The van der Waals surface area contributed by atoms with Crippen molar-refractivity contribution in [2.24, 2.45) is 4.99 Å². The zero-order valence-corrected chi connectivity index (χ0v) is 10.5. The third-order valence-corrected chi connectivity index (χ3v) is 4.60. The molecule has 0 bridgehead atoms. The summed E-state index contributed by atoms with van der Waals surface area (Å²) in [6.45, 7) is 0. The molecule has 0 radical (unpaired) electrons. The Morgan fingerprint density at radius 1 is 1.33 bits per heavy atom. The molecular formula is C11H10BrClN2. The fourth-order valence-corrected chi connectivity index (χ4v) is 3.25. The van der Waals surface area contributed by atoms with E-state index >= 15 is 0 Å². The van der Waals surface area contributed by atoms with Gasteiger partial charge >= 0.3 is 0 Å². The molecule has 1 aliphatic heterocycles. The molecule has 2 aliphatic rings. The van der Waals surface area contributed by atoms with E-state index < -0.39 is 0 Å². The zero-order chi connectivity index (χ0) is 10.5. The standard InChI is InChI=1S/C11H10BrClN2/c12-7-5-14-10-8(9(7)13)11(6-15-10)3-1-2-4-11/h5-6H,1-4H2. The van der Waals surface area contributed by atoms with Crippen LogP contribution < -0.4 is 0 Å². The Hall–Kier alpha value is -0.410. The smallest absolute Gasteiger partial charge is 0.157 e. The summed E-state index contributed by atoms with van der Waals surface area (Å²) in [5.74, 6) is 0.810. The van der Waals surface area contributed by atoms with Gasteiger partial charge in [0.2, 0.25) is 0 Å². The van der Waals surface area contributed by atoms with E-state index in [0.717, 1.165) is 33.7 Å². The summed E-state index contributed by atoms with van der Waals surface area (Å²) in [7, 11) is 0. The van der Waals surface area contributed by atoms with E-state index in [0.29, 0.717) is 0 Å². The van der Waals surface area contributed by atoms with Crippen LogP contribution in [0, 0.1) is 0 Å². The number of fused-ring (bicyclic) bond motifs is 2. The summed E-state index contributed by atoms with van der Waals surface area (Å²) >= 11 is 9.77. The van der Waals surface area contributed by atoms with Gasteiger partial charge in [-0.15, -0.1) is 0 Å². The summed E-state index contributed by atoms with van der Waals surface area (Å²) in [5.41, 5.74) is 1.22. The molecule has 2 nitrogen and oxygen atoms in total. The average Bonchev–Trinajstić information content (AvgIpc) is 2.83. The predicted octanol–water partition coefficient (Wildman–Crippen LogP) is 4.03. The quantitative estimate of drug-likeness (QED) is 0.706. The van der Waals surface area contributed by atoms with Gasteiger partial charge in [-0.05, 0) is 28.8 Å². The van der Waals surface area contributed by atoms with Gasteiger partial charge in [0.05, 0.1) is 9.50 Å². The molecule has 0 saturated heterocycles. The van der Waals surface area contributed by atoms with E-state index in [-0.39, 0.29) is 5.41 Å². The first kappa shape index (κ1) is 9.79. The first-order chi connectivity index (χ1) is 7.23. The zero-order valence-electron chi connectivity index (χ0n) is 8.13. The molecule has 78 valence electrons. The van der Waals surface area contributed by atoms with Crippen LogP contribution in [-0.4, -0.2) is 11.2 Å². The van der Waals surface area contributed by atoms with Crippen molar-refractivity contribution in [1.29, 1.82) is 0 Å². The number of rotatable bonds is 0. The molecule has 0 aromatic carbocycles. The van der Waals surface area contributed by atoms with Crippen molar-refractivity contribution < 1.29 is 0 Å². The van der Waals surface area contributed by atoms with Crippen LogP contribution in [0.2, 0.25) is 5.02 Å². The summed E-state index contributed by atoms with van der Waals surface area (Å²) in [5, 5.41) is 0.791. The van der Waals surface area contributed by atoms with Gasteiger partial charge < -0.3 is 0 Å². The molecule has 1 fully saturated rings. The highest BCUT2D eigenvalue weighted by molar-refractivity contribution is 9.10. The topological polar surface area (TPSA) is 25.2 Å². The van der Waals surface area contributed by atoms with Gasteiger partial charge in [-0.25, -0.2) is 9.98 Å². The SMILES string of the molecule is Clc1c(Br)cnc2c1C1(C=N2)CCCC1. The predicted molar refractivity (Wildman–Crippen MR) is 65.2 cm³/mol. The Bertz CT molecular complexity index is 450. The van der Waals surface area contributed by atoms with Crippen LogP contribution in [0.1, 0.15) is 31.2 Å². The number of hydrogen-bond acceptors (Lipinski definition) is 2. The van der Waals surface area contributed by atoms with Gasteiger partial charge in [0.15, 0.2) is 5.82 Å². The van der Waals surface area contributed by atoms with Crippen LogP contribution in [-0.2, 0) is 5.41 Å². The molecule has 4 heteroatoms. The van der Waals surface area contributed by atoms with Crippen molar-refractivity contribution in [2.45, 2.75) is 31.1 Å². The van der Waals surface area contributed by atoms with Crippen LogP contribution in [0.15, 0.2) is 15.7 Å². The Morgan fingerprint density at radius 2 is 2.07 bits per heavy atom. The number of nitrogens with zero attached hydrogens (tertiary/aromatic N) is 2. The van der Waals surface area contributed by atoms with E-state index in [4.69, 9.17) is 11.6 Å². The Kier molecular flexibility index (Phi) is 2.15. The lowest BCUT2D eigenvalue weighted by molar-refractivity contribution is 0.623. The van der Waals surface area contributed by atoms with Crippen molar-refractivity contribution >= 4 is 39.6 Å². The van der Waals surface area contributed by atoms with Gasteiger partial charge in [-0.2, -0.15) is 0 Å². The Labute approximate surface area is 102 Å². The van der Waals surface area contributed by atoms with E-state index in [9.17, 15) is 0 Å². The minimum atomic E-state index is 0.0865. The summed E-state index contributed by atoms with van der Waals surface area (Å²) in [6, 6.07) is 0. The highest BCUT2D eigenvalue weighted by Crippen LogP contribution is 2.50. The molecule has 2 heterocycles. The lowest BCUT2D eigenvalue weighted by Crippen LogP contribution is -2.21. The maximum Gasteiger partial charge on any atom is 0.157 e. The molecule has 1 aromatic heterocycles. The molecule has 1 saturated carbocycles. The van der Waals surface area contributed by atoms with Gasteiger partial charge in [0.1, 0.15) is 0 Å². The first-order valence-corrected chi connectivity index (χ1v) is 6.30. The molecule has 0 N–H and O–H groups in total. The minimum Gasteiger partial charge on any atom is -0.240 e. The highest BCUT2D eigenvalue weighted by atomic mass is 79.9. The van der Waals surface area contributed by atoms with Crippen LogP contribution in [0.25, 0.3) is 0 Å². The number of aromatic nitrogens is 1. The van der Waals surface area contributed by atoms with E-state index in [1.54, 1.807) is 6.20 Å². The van der Waals surface area contributed by atoms with Gasteiger partial charge in [0, 0.05) is 23.4 Å². The average molecular weight is 286 g/mol. The molecule has 0 amide bonds. The summed E-state index contributed by atoms with van der Waals surface area (Å²) in [4.78, 5) is 8.70. The third kappa shape index (κ3) is 1.29. The fourth-order valence-electron chi connectivity index (χ4n) is 2.63. The van der Waals surface area contributed by atoms with Crippen molar-refractivity contribution in [3.8, 4) is 0 Å². The van der Waals surface area contributed by atoms with Crippen molar-refractivity contribution in [2.75, 3.05) is 0 Å². The van der Waals surface area contributed by atoms with Gasteiger partial charge in [-0.3, -0.25) is 0 Å². The second kappa shape index (κ2) is 3.29. The molecule has 1 spiro atoms. The van der Waals surface area contributed by atoms with Gasteiger partial charge in [0.25, 0.3) is 0 Å². The maximum atomic E-state index is 6.34. The van der Waals surface area contributed by atoms with Crippen molar-refractivity contribution in [3.63, 3.8) is 0 Å². The van der Waals surface area contributed by atoms with Crippen molar-refractivity contribution in [3.05, 3.63) is 21.3 Å². The molecule has 1 aromatic rings. The highest BCUT2D eigenvalue weighted by Gasteiger charge is 2.41. The third-order valence-electron chi connectivity index (χ3n) is 3.38. The van der Waals surface area contributed by atoms with E-state index in [2.05, 4.69) is 32.1 Å². The molecule has 1 aliphatic carbocycles. The van der Waals surface area contributed by atoms with Crippen LogP contribution in [0.5, 0.6) is 0 Å². The minimum absolute atomic E-state index is 0.0865. The largest absolute Gasteiger partial charge is 0.240 e. The number of pyridine rings is 1. The van der Waals surface area contributed by atoms with Crippen LogP contribution >= 0.6 is 27.5 Å². The lowest BCUT2D eigenvalue weighted by Gasteiger charge is -2.21. The maximum absolute atomic E-state index is 6.34. The number of hydrogen-bond donors (Lipinski definition) is 0. The van der Waals surface area contributed by atoms with Crippen LogP contribution in [0.4, 0.5) is 5.82 Å². The van der Waals surface area contributed by atoms with E-state index in [1.165, 1.54) is 12.8 Å². The molecule has 15 heavy (non-hydrogen) atoms. The lowest BCUT2D eigenvalue weighted by atomic mass is 9.82. The van der Waals surface area contributed by atoms with Crippen LogP contribution in [0.3, 0.4) is 0 Å². The molecular weight excluding hydrogens is 275 g/mol. The number of halogens is 2. The fraction of sp³-hybridized carbons (Fsp3) is 0.455. The second-order valence-electron chi connectivity index (χ2n) is 4.24. The summed E-state index contributed by atoms with van der Waals surface area (Å²) in [6.07, 6.45) is 8.60. The van der Waals surface area contributed by atoms with E-state index in [1.807, 2.05) is 0 Å². The summed E-state index contributed by atoms with van der Waals surface area (Å²) < 4.78 is 0.875. The molecule has 0 unspecified atom stereocenters. The molecule has 0 atom stereocenters. The Balaban J connectivity index is 2.23.